The van der Waals surface area contributed by atoms with E-state index >= 15 is 0 Å². The molecule has 92 valence electrons. The number of rotatable bonds is 4. The number of hydrogen-bond donors (Lipinski definition) is 1. The van der Waals surface area contributed by atoms with Crippen LogP contribution in [0.4, 0.5) is 0 Å². The summed E-state index contributed by atoms with van der Waals surface area (Å²) in [5.74, 6) is 0. The van der Waals surface area contributed by atoms with Crippen LogP contribution in [0.15, 0.2) is 48.5 Å². The van der Waals surface area contributed by atoms with Crippen molar-refractivity contribution in [3.05, 3.63) is 70.8 Å². The number of benzene rings is 2. The van der Waals surface area contributed by atoms with E-state index in [-0.39, 0.29) is 0 Å². The first-order valence-corrected chi connectivity index (χ1v) is 6.00. The van der Waals surface area contributed by atoms with E-state index in [0.29, 0.717) is 11.1 Å². The van der Waals surface area contributed by atoms with Crippen molar-refractivity contribution in [1.82, 2.24) is 5.32 Å². The van der Waals surface area contributed by atoms with E-state index in [1.807, 2.05) is 48.5 Å². The van der Waals surface area contributed by atoms with Gasteiger partial charge < -0.3 is 5.32 Å². The normalized spacial score (nSPS) is 9.58. The van der Waals surface area contributed by atoms with E-state index in [1.54, 1.807) is 0 Å². The second-order valence-corrected chi connectivity index (χ2v) is 4.22. The lowest BCUT2D eigenvalue weighted by molar-refractivity contribution is 0.693. The van der Waals surface area contributed by atoms with Gasteiger partial charge in [0.2, 0.25) is 0 Å². The van der Waals surface area contributed by atoms with Gasteiger partial charge in [-0.25, -0.2) is 0 Å². The first-order valence-electron chi connectivity index (χ1n) is 6.00. The lowest BCUT2D eigenvalue weighted by Crippen LogP contribution is -2.12. The van der Waals surface area contributed by atoms with E-state index in [2.05, 4.69) is 17.5 Å². The Labute approximate surface area is 112 Å². The Balaban J connectivity index is 1.85. The molecule has 0 unspecified atom stereocenters. The van der Waals surface area contributed by atoms with Crippen molar-refractivity contribution in [3.8, 4) is 12.1 Å². The monoisotopic (exact) mass is 247 g/mol. The van der Waals surface area contributed by atoms with Crippen LogP contribution in [-0.4, -0.2) is 0 Å². The quantitative estimate of drug-likeness (QED) is 0.903. The van der Waals surface area contributed by atoms with Crippen LogP contribution in [0.25, 0.3) is 0 Å². The van der Waals surface area contributed by atoms with Gasteiger partial charge in [-0.15, -0.1) is 0 Å². The molecule has 2 aromatic carbocycles. The van der Waals surface area contributed by atoms with Gasteiger partial charge in [0.05, 0.1) is 23.3 Å². The fourth-order valence-corrected chi connectivity index (χ4v) is 1.75. The molecule has 0 saturated carbocycles. The summed E-state index contributed by atoms with van der Waals surface area (Å²) in [6.45, 7) is 1.51. The highest BCUT2D eigenvalue weighted by molar-refractivity contribution is 5.32. The molecule has 0 radical (unpaired) electrons. The maximum atomic E-state index is 8.71. The molecular weight excluding hydrogens is 234 g/mol. The molecule has 0 amide bonds. The largest absolute Gasteiger partial charge is 0.309 e. The Kier molecular flexibility index (Phi) is 4.29. The Morgan fingerprint density at radius 1 is 0.684 bits per heavy atom. The Morgan fingerprint density at radius 2 is 1.05 bits per heavy atom. The van der Waals surface area contributed by atoms with Gasteiger partial charge in [-0.05, 0) is 35.4 Å². The standard InChI is InChI=1S/C16H13N3/c17-9-13-1-5-15(6-2-13)11-19-12-16-7-3-14(10-18)4-8-16/h1-8,19H,11-12H2. The topological polar surface area (TPSA) is 59.6 Å². The van der Waals surface area contributed by atoms with Gasteiger partial charge in [-0.3, -0.25) is 0 Å². The molecule has 2 rings (SSSR count). The first-order chi connectivity index (χ1) is 9.31. The van der Waals surface area contributed by atoms with Gasteiger partial charge in [-0.1, -0.05) is 24.3 Å². The van der Waals surface area contributed by atoms with Crippen molar-refractivity contribution in [2.75, 3.05) is 0 Å². The molecule has 0 aromatic heterocycles. The third kappa shape index (κ3) is 3.67. The predicted molar refractivity (Wildman–Crippen MR) is 72.9 cm³/mol. The van der Waals surface area contributed by atoms with Crippen LogP contribution in [0.3, 0.4) is 0 Å². The number of hydrogen-bond acceptors (Lipinski definition) is 3. The van der Waals surface area contributed by atoms with Gasteiger partial charge in [-0.2, -0.15) is 10.5 Å². The van der Waals surface area contributed by atoms with Gasteiger partial charge >= 0.3 is 0 Å². The van der Waals surface area contributed by atoms with Crippen LogP contribution in [0.2, 0.25) is 0 Å². The SMILES string of the molecule is N#Cc1ccc(CNCc2ccc(C#N)cc2)cc1. The van der Waals surface area contributed by atoms with Crippen LogP contribution in [0, 0.1) is 22.7 Å². The highest BCUT2D eigenvalue weighted by atomic mass is 14.8. The van der Waals surface area contributed by atoms with Crippen molar-refractivity contribution in [1.29, 1.82) is 10.5 Å². The molecule has 3 nitrogen and oxygen atoms in total. The molecule has 0 atom stereocenters. The lowest BCUT2D eigenvalue weighted by Gasteiger charge is -2.05. The average molecular weight is 247 g/mol. The minimum absolute atomic E-state index is 0.677. The van der Waals surface area contributed by atoms with Crippen molar-refractivity contribution >= 4 is 0 Å². The molecule has 1 N–H and O–H groups in total. The van der Waals surface area contributed by atoms with Gasteiger partial charge in [0, 0.05) is 13.1 Å². The molecule has 0 aliphatic heterocycles. The molecule has 0 fully saturated rings. The highest BCUT2D eigenvalue weighted by Crippen LogP contribution is 2.05. The van der Waals surface area contributed by atoms with Crippen LogP contribution in [0.5, 0.6) is 0 Å². The zero-order valence-electron chi connectivity index (χ0n) is 10.4. The van der Waals surface area contributed by atoms with E-state index in [0.717, 1.165) is 24.2 Å². The molecule has 2 aromatic rings. The van der Waals surface area contributed by atoms with E-state index in [4.69, 9.17) is 10.5 Å². The minimum atomic E-state index is 0.677. The summed E-state index contributed by atoms with van der Waals surface area (Å²) in [6, 6.07) is 19.3. The fourth-order valence-electron chi connectivity index (χ4n) is 1.75. The smallest absolute Gasteiger partial charge is 0.0991 e. The van der Waals surface area contributed by atoms with Crippen molar-refractivity contribution in [2.45, 2.75) is 13.1 Å². The number of nitrogens with one attached hydrogen (secondary N) is 1. The second-order valence-electron chi connectivity index (χ2n) is 4.22. The maximum Gasteiger partial charge on any atom is 0.0991 e. The first kappa shape index (κ1) is 12.8. The molecule has 0 aliphatic rings. The predicted octanol–water partition coefficient (Wildman–Crippen LogP) is 2.72. The summed E-state index contributed by atoms with van der Waals surface area (Å²) in [7, 11) is 0. The molecular formula is C16H13N3. The summed E-state index contributed by atoms with van der Waals surface area (Å²) in [5, 5.41) is 20.7. The van der Waals surface area contributed by atoms with Crippen LogP contribution < -0.4 is 5.32 Å². The highest BCUT2D eigenvalue weighted by Gasteiger charge is 1.96. The molecule has 0 heterocycles. The summed E-state index contributed by atoms with van der Waals surface area (Å²) in [5.41, 5.74) is 3.65. The molecule has 3 heteroatoms. The van der Waals surface area contributed by atoms with Crippen molar-refractivity contribution in [2.24, 2.45) is 0 Å². The summed E-state index contributed by atoms with van der Waals surface area (Å²) >= 11 is 0. The van der Waals surface area contributed by atoms with E-state index < -0.39 is 0 Å². The van der Waals surface area contributed by atoms with Gasteiger partial charge in [0.1, 0.15) is 0 Å². The zero-order chi connectivity index (χ0) is 13.5. The Morgan fingerprint density at radius 3 is 1.37 bits per heavy atom. The summed E-state index contributed by atoms with van der Waals surface area (Å²) in [4.78, 5) is 0. The zero-order valence-corrected chi connectivity index (χ0v) is 10.4. The molecule has 0 spiro atoms. The van der Waals surface area contributed by atoms with Crippen LogP contribution in [0.1, 0.15) is 22.3 Å². The molecule has 0 saturated heterocycles. The second kappa shape index (κ2) is 6.35. The summed E-state index contributed by atoms with van der Waals surface area (Å²) < 4.78 is 0. The maximum absolute atomic E-state index is 8.71. The molecule has 0 aliphatic carbocycles. The Bertz CT molecular complexity index is 556. The molecule has 19 heavy (non-hydrogen) atoms. The molecule has 0 bridgehead atoms. The third-order valence-corrected chi connectivity index (χ3v) is 2.82. The summed E-state index contributed by atoms with van der Waals surface area (Å²) in [6.07, 6.45) is 0. The van der Waals surface area contributed by atoms with Gasteiger partial charge in [0.15, 0.2) is 0 Å². The third-order valence-electron chi connectivity index (χ3n) is 2.82. The van der Waals surface area contributed by atoms with Crippen LogP contribution in [-0.2, 0) is 13.1 Å². The van der Waals surface area contributed by atoms with Crippen molar-refractivity contribution < 1.29 is 0 Å². The van der Waals surface area contributed by atoms with E-state index in [9.17, 15) is 0 Å². The van der Waals surface area contributed by atoms with Crippen molar-refractivity contribution in [3.63, 3.8) is 0 Å². The van der Waals surface area contributed by atoms with Gasteiger partial charge in [0.25, 0.3) is 0 Å². The minimum Gasteiger partial charge on any atom is -0.309 e. The van der Waals surface area contributed by atoms with E-state index in [1.165, 1.54) is 0 Å². The number of nitrogens with zero attached hydrogens (tertiary/aromatic N) is 2. The van der Waals surface area contributed by atoms with Crippen LogP contribution >= 0.6 is 0 Å². The average Bonchev–Trinajstić information content (AvgIpc) is 2.49. The Hall–Kier alpha value is -2.62. The number of nitriles is 2. The fraction of sp³-hybridized carbons (Fsp3) is 0.125. The lowest BCUT2D eigenvalue weighted by atomic mass is 10.1.